The number of methoxy groups -OCH3 is 1. The molecule has 0 saturated heterocycles. The number of ether oxygens (including phenoxy) is 1. The van der Waals surface area contributed by atoms with Crippen LogP contribution < -0.4 is 4.74 Å². The Kier molecular flexibility index (Phi) is 4.59. The van der Waals surface area contributed by atoms with Gasteiger partial charge in [0.25, 0.3) is 0 Å². The van der Waals surface area contributed by atoms with Crippen molar-refractivity contribution < 1.29 is 9.53 Å². The third-order valence-electron chi connectivity index (χ3n) is 5.21. The van der Waals surface area contributed by atoms with E-state index >= 15 is 0 Å². The maximum atomic E-state index is 12.7. The van der Waals surface area contributed by atoms with E-state index in [-0.39, 0.29) is 17.2 Å². The van der Waals surface area contributed by atoms with Gasteiger partial charge >= 0.3 is 0 Å². The molecule has 1 atom stereocenters. The summed E-state index contributed by atoms with van der Waals surface area (Å²) in [5.41, 5.74) is 3.14. The number of ketones is 1. The van der Waals surface area contributed by atoms with E-state index in [9.17, 15) is 4.79 Å². The van der Waals surface area contributed by atoms with Crippen molar-refractivity contribution in [2.75, 3.05) is 7.11 Å². The number of aromatic nitrogens is 2. The average molecular weight is 373 g/mol. The second kappa shape index (κ2) is 7.08. The van der Waals surface area contributed by atoms with Crippen molar-refractivity contribution in [3.8, 4) is 11.4 Å². The quantitative estimate of drug-likeness (QED) is 0.625. The Labute approximate surface area is 164 Å². The fourth-order valence-corrected chi connectivity index (χ4v) is 3.71. The van der Waals surface area contributed by atoms with Gasteiger partial charge in [-0.1, -0.05) is 32.0 Å². The van der Waals surface area contributed by atoms with Gasteiger partial charge in [0.05, 0.1) is 36.3 Å². The molecule has 1 aromatic heterocycles. The zero-order valence-electron chi connectivity index (χ0n) is 16.3. The van der Waals surface area contributed by atoms with Gasteiger partial charge in [-0.3, -0.25) is 9.79 Å². The third kappa shape index (κ3) is 3.24. The molecule has 4 rings (SSSR count). The van der Waals surface area contributed by atoms with E-state index < -0.39 is 0 Å². The molecule has 0 N–H and O–H groups in total. The molecular weight excluding hydrogens is 350 g/mol. The molecule has 0 saturated carbocycles. The van der Waals surface area contributed by atoms with Crippen LogP contribution in [0.5, 0.6) is 5.75 Å². The van der Waals surface area contributed by atoms with E-state index in [1.165, 1.54) is 0 Å². The summed E-state index contributed by atoms with van der Waals surface area (Å²) in [6.07, 6.45) is 3.99. The van der Waals surface area contributed by atoms with E-state index in [2.05, 4.69) is 18.9 Å². The van der Waals surface area contributed by atoms with Gasteiger partial charge in [-0.05, 0) is 42.0 Å². The van der Waals surface area contributed by atoms with E-state index in [1.807, 2.05) is 65.5 Å². The van der Waals surface area contributed by atoms with Crippen LogP contribution >= 0.6 is 0 Å². The summed E-state index contributed by atoms with van der Waals surface area (Å²) in [5.74, 6) is 0.934. The lowest BCUT2D eigenvalue weighted by Crippen LogP contribution is -2.32. The predicted molar refractivity (Wildman–Crippen MR) is 110 cm³/mol. The molecule has 0 radical (unpaired) electrons. The van der Waals surface area contributed by atoms with Crippen LogP contribution in [0.3, 0.4) is 0 Å². The fraction of sp³-hybridized carbons (Fsp3) is 0.261. The summed E-state index contributed by atoms with van der Waals surface area (Å²) in [4.78, 5) is 17.6. The highest BCUT2D eigenvalue weighted by Crippen LogP contribution is 2.46. The minimum atomic E-state index is -0.306. The Balaban J connectivity index is 1.78. The number of rotatable bonds is 4. The fourth-order valence-electron chi connectivity index (χ4n) is 3.71. The summed E-state index contributed by atoms with van der Waals surface area (Å²) >= 11 is 0. The Bertz CT molecular complexity index is 1020. The van der Waals surface area contributed by atoms with E-state index in [1.54, 1.807) is 13.3 Å². The second-order valence-corrected chi connectivity index (χ2v) is 7.73. The van der Waals surface area contributed by atoms with Crippen molar-refractivity contribution in [2.45, 2.75) is 26.3 Å². The van der Waals surface area contributed by atoms with Gasteiger partial charge < -0.3 is 4.74 Å². The van der Waals surface area contributed by atoms with Gasteiger partial charge in [0.2, 0.25) is 0 Å². The lowest BCUT2D eigenvalue weighted by atomic mass is 9.72. The average Bonchev–Trinajstić information content (AvgIpc) is 3.13. The predicted octanol–water partition coefficient (Wildman–Crippen LogP) is 4.65. The van der Waals surface area contributed by atoms with Crippen LogP contribution in [0.25, 0.3) is 5.69 Å². The number of hydrogen-bond donors (Lipinski definition) is 0. The molecule has 0 amide bonds. The lowest BCUT2D eigenvalue weighted by Gasteiger charge is -2.35. The number of hydrogen-bond acceptors (Lipinski definition) is 4. The zero-order chi connectivity index (χ0) is 19.7. The highest BCUT2D eigenvalue weighted by atomic mass is 16.5. The Morgan fingerprint density at radius 1 is 1.14 bits per heavy atom. The molecule has 1 unspecified atom stereocenters. The molecule has 1 aliphatic carbocycles. The molecule has 142 valence electrons. The van der Waals surface area contributed by atoms with Crippen LogP contribution in [0.1, 0.15) is 47.9 Å². The maximum Gasteiger partial charge on any atom is 0.167 e. The Hall–Kier alpha value is -3.21. The minimum Gasteiger partial charge on any atom is -0.497 e. The van der Waals surface area contributed by atoms with Crippen LogP contribution in [0, 0.1) is 5.41 Å². The first-order valence-corrected chi connectivity index (χ1v) is 9.33. The van der Waals surface area contributed by atoms with Crippen LogP contribution in [0.4, 0.5) is 0 Å². The first-order valence-electron chi connectivity index (χ1n) is 9.33. The Morgan fingerprint density at radius 3 is 2.54 bits per heavy atom. The van der Waals surface area contributed by atoms with E-state index in [4.69, 9.17) is 9.73 Å². The lowest BCUT2D eigenvalue weighted by molar-refractivity contribution is 0.0884. The smallest absolute Gasteiger partial charge is 0.167 e. The summed E-state index contributed by atoms with van der Waals surface area (Å²) < 4.78 is 7.07. The van der Waals surface area contributed by atoms with Gasteiger partial charge in [0.1, 0.15) is 5.75 Å². The van der Waals surface area contributed by atoms with Gasteiger partial charge in [-0.25, -0.2) is 4.68 Å². The van der Waals surface area contributed by atoms with E-state index in [0.717, 1.165) is 22.7 Å². The van der Waals surface area contributed by atoms with Crippen molar-refractivity contribution in [3.05, 3.63) is 77.6 Å². The molecule has 5 nitrogen and oxygen atoms in total. The number of benzene rings is 2. The molecule has 1 heterocycles. The van der Waals surface area contributed by atoms with Crippen molar-refractivity contribution in [3.63, 3.8) is 0 Å². The minimum absolute atomic E-state index is 0.123. The largest absolute Gasteiger partial charge is 0.497 e. The molecule has 1 aliphatic rings. The van der Waals surface area contributed by atoms with Gasteiger partial charge in [-0.2, -0.15) is 5.10 Å². The number of aliphatic imine (C=N–C) groups is 1. The molecule has 2 aromatic carbocycles. The van der Waals surface area contributed by atoms with Crippen molar-refractivity contribution in [2.24, 2.45) is 10.4 Å². The standard InChI is InChI=1S/C23H23N3O2/c1-23(2)13-20(27)19-15-25-26(17-7-5-4-6-8-17)21(19)22(23)24-14-16-9-11-18(28-3)12-10-16/h4-12,14-15,22H,13H2,1-3H3. The SMILES string of the molecule is COc1ccc(C=NC2c3c(cnn3-c3ccccc3)C(=O)CC2(C)C)cc1. The van der Waals surface area contributed by atoms with Crippen molar-refractivity contribution in [1.82, 2.24) is 9.78 Å². The first-order chi connectivity index (χ1) is 13.5. The number of Topliss-reactive ketones (excluding diaryl/α,β-unsaturated/α-hetero) is 1. The van der Waals surface area contributed by atoms with Crippen LogP contribution in [-0.2, 0) is 0 Å². The van der Waals surface area contributed by atoms with Crippen LogP contribution in [0.15, 0.2) is 65.8 Å². The number of carbonyl (C=O) groups is 1. The Morgan fingerprint density at radius 2 is 1.86 bits per heavy atom. The van der Waals surface area contributed by atoms with Gasteiger partial charge in [-0.15, -0.1) is 0 Å². The summed E-state index contributed by atoms with van der Waals surface area (Å²) in [7, 11) is 1.65. The molecule has 0 fully saturated rings. The molecule has 3 aromatic rings. The zero-order valence-corrected chi connectivity index (χ0v) is 16.3. The summed E-state index contributed by atoms with van der Waals surface area (Å²) in [6.45, 7) is 4.18. The first kappa shape index (κ1) is 18.2. The number of fused-ring (bicyclic) bond motifs is 1. The maximum absolute atomic E-state index is 12.7. The number of carbonyl (C=O) groups excluding carboxylic acids is 1. The summed E-state index contributed by atoms with van der Waals surface area (Å²) in [6, 6.07) is 17.5. The number of para-hydroxylation sites is 1. The second-order valence-electron chi connectivity index (χ2n) is 7.73. The molecular formula is C23H23N3O2. The third-order valence-corrected chi connectivity index (χ3v) is 5.21. The van der Waals surface area contributed by atoms with Gasteiger partial charge in [0.15, 0.2) is 5.78 Å². The highest BCUT2D eigenvalue weighted by Gasteiger charge is 2.42. The van der Waals surface area contributed by atoms with Crippen LogP contribution in [-0.4, -0.2) is 28.9 Å². The molecule has 0 spiro atoms. The van der Waals surface area contributed by atoms with Gasteiger partial charge in [0, 0.05) is 18.1 Å². The van der Waals surface area contributed by atoms with Crippen LogP contribution in [0.2, 0.25) is 0 Å². The van der Waals surface area contributed by atoms with Crippen molar-refractivity contribution >= 4 is 12.0 Å². The number of nitrogens with zero attached hydrogens (tertiary/aromatic N) is 3. The molecule has 0 bridgehead atoms. The van der Waals surface area contributed by atoms with E-state index in [0.29, 0.717) is 12.0 Å². The normalized spacial score (nSPS) is 18.2. The van der Waals surface area contributed by atoms with Crippen molar-refractivity contribution in [1.29, 1.82) is 0 Å². The molecule has 5 heteroatoms. The topological polar surface area (TPSA) is 56.5 Å². The molecule has 0 aliphatic heterocycles. The molecule has 28 heavy (non-hydrogen) atoms. The monoisotopic (exact) mass is 373 g/mol. The highest BCUT2D eigenvalue weighted by molar-refractivity contribution is 5.99. The summed E-state index contributed by atoms with van der Waals surface area (Å²) in [5, 5.41) is 4.52.